The first-order valence-electron chi connectivity index (χ1n) is 11.4. The van der Waals surface area contributed by atoms with E-state index in [9.17, 15) is 18.8 Å². The van der Waals surface area contributed by atoms with Crippen molar-refractivity contribution in [3.8, 4) is 11.5 Å². The van der Waals surface area contributed by atoms with E-state index in [4.69, 9.17) is 9.47 Å². The molecule has 4 aromatic rings. The highest BCUT2D eigenvalue weighted by Gasteiger charge is 2.36. The molecule has 4 aromatic carbocycles. The van der Waals surface area contributed by atoms with Crippen LogP contribution in [0.25, 0.3) is 16.8 Å². The van der Waals surface area contributed by atoms with Gasteiger partial charge in [-0.25, -0.2) is 14.1 Å². The predicted octanol–water partition coefficient (Wildman–Crippen LogP) is 5.23. The van der Waals surface area contributed by atoms with Crippen LogP contribution in [0.2, 0.25) is 0 Å². The van der Waals surface area contributed by atoms with Crippen LogP contribution in [0.15, 0.2) is 90.5 Å². The molecule has 1 heterocycles. The molecule has 184 valence electrons. The molecule has 7 nitrogen and oxygen atoms in total. The summed E-state index contributed by atoms with van der Waals surface area (Å²) < 4.78 is 24.8. The van der Waals surface area contributed by atoms with Crippen LogP contribution in [0.5, 0.6) is 11.5 Å². The van der Waals surface area contributed by atoms with Crippen LogP contribution in [-0.4, -0.2) is 25.0 Å². The minimum Gasteiger partial charge on any atom is -0.493 e. The lowest BCUT2D eigenvalue weighted by Gasteiger charge is -2.26. The van der Waals surface area contributed by atoms with Crippen molar-refractivity contribution in [1.29, 1.82) is 0 Å². The fourth-order valence-corrected chi connectivity index (χ4v) is 4.12. The van der Waals surface area contributed by atoms with Gasteiger partial charge in [0.2, 0.25) is 0 Å². The number of carbonyl (C=O) groups excluding carboxylic acids is 3. The van der Waals surface area contributed by atoms with Gasteiger partial charge in [-0.3, -0.25) is 14.9 Å². The van der Waals surface area contributed by atoms with Crippen molar-refractivity contribution in [3.05, 3.63) is 107 Å². The number of ether oxygens (including phenoxy) is 2. The molecular formula is C29H21FN2O5. The lowest BCUT2D eigenvalue weighted by Crippen LogP contribution is -2.54. The van der Waals surface area contributed by atoms with E-state index in [1.165, 1.54) is 25.3 Å². The number of hydrogen-bond donors (Lipinski definition) is 1. The summed E-state index contributed by atoms with van der Waals surface area (Å²) in [6, 6.07) is 22.9. The van der Waals surface area contributed by atoms with Crippen molar-refractivity contribution < 1.29 is 28.2 Å². The van der Waals surface area contributed by atoms with Gasteiger partial charge in [-0.2, -0.15) is 0 Å². The van der Waals surface area contributed by atoms with Gasteiger partial charge < -0.3 is 9.47 Å². The summed E-state index contributed by atoms with van der Waals surface area (Å²) in [5, 5.41) is 4.35. The number of hydrogen-bond acceptors (Lipinski definition) is 5. The van der Waals surface area contributed by atoms with Crippen molar-refractivity contribution in [2.75, 3.05) is 12.0 Å². The summed E-state index contributed by atoms with van der Waals surface area (Å²) in [4.78, 5) is 38.6. The fraction of sp³-hybridized carbons (Fsp3) is 0.0690. The van der Waals surface area contributed by atoms with Gasteiger partial charge in [0.15, 0.2) is 11.5 Å². The van der Waals surface area contributed by atoms with Gasteiger partial charge in [0.25, 0.3) is 11.8 Å². The normalized spacial score (nSPS) is 14.7. The Hall–Kier alpha value is -4.98. The molecule has 1 aliphatic heterocycles. The summed E-state index contributed by atoms with van der Waals surface area (Å²) in [6.07, 6.45) is 1.36. The molecule has 1 saturated heterocycles. The highest BCUT2D eigenvalue weighted by Crippen LogP contribution is 2.31. The van der Waals surface area contributed by atoms with Gasteiger partial charge in [-0.1, -0.05) is 48.5 Å². The average Bonchev–Trinajstić information content (AvgIpc) is 2.91. The first-order valence-corrected chi connectivity index (χ1v) is 11.4. The van der Waals surface area contributed by atoms with Gasteiger partial charge >= 0.3 is 6.03 Å². The number of carbonyl (C=O) groups is 3. The fourth-order valence-electron chi connectivity index (χ4n) is 4.12. The van der Waals surface area contributed by atoms with Crippen LogP contribution in [-0.2, 0) is 16.2 Å². The topological polar surface area (TPSA) is 84.9 Å². The number of halogens is 1. The second-order valence-corrected chi connectivity index (χ2v) is 8.27. The summed E-state index contributed by atoms with van der Waals surface area (Å²) in [5.41, 5.74) is 1.38. The highest BCUT2D eigenvalue weighted by atomic mass is 19.1. The zero-order valence-electron chi connectivity index (χ0n) is 19.7. The number of rotatable bonds is 6. The Labute approximate surface area is 211 Å². The Morgan fingerprint density at radius 2 is 1.65 bits per heavy atom. The molecule has 37 heavy (non-hydrogen) atoms. The summed E-state index contributed by atoms with van der Waals surface area (Å²) in [7, 11) is 1.49. The third-order valence-corrected chi connectivity index (χ3v) is 5.95. The molecule has 8 heteroatoms. The third kappa shape index (κ3) is 4.77. The summed E-state index contributed by atoms with van der Waals surface area (Å²) in [5.74, 6) is -1.28. The first-order chi connectivity index (χ1) is 17.9. The maximum absolute atomic E-state index is 13.3. The average molecular weight is 496 g/mol. The van der Waals surface area contributed by atoms with Crippen molar-refractivity contribution in [1.82, 2.24) is 5.32 Å². The van der Waals surface area contributed by atoms with Crippen molar-refractivity contribution in [2.24, 2.45) is 0 Å². The monoisotopic (exact) mass is 496 g/mol. The van der Waals surface area contributed by atoms with E-state index < -0.39 is 23.7 Å². The van der Waals surface area contributed by atoms with Crippen molar-refractivity contribution in [2.45, 2.75) is 6.61 Å². The molecule has 0 bridgehead atoms. The minimum atomic E-state index is -0.909. The maximum atomic E-state index is 13.3. The van der Waals surface area contributed by atoms with Crippen LogP contribution >= 0.6 is 0 Å². The largest absolute Gasteiger partial charge is 0.493 e. The Morgan fingerprint density at radius 3 is 2.43 bits per heavy atom. The number of amides is 4. The van der Waals surface area contributed by atoms with E-state index >= 15 is 0 Å². The van der Waals surface area contributed by atoms with Crippen LogP contribution in [0.3, 0.4) is 0 Å². The van der Waals surface area contributed by atoms with Crippen molar-refractivity contribution in [3.63, 3.8) is 0 Å². The zero-order valence-corrected chi connectivity index (χ0v) is 19.7. The first kappa shape index (κ1) is 23.7. The van der Waals surface area contributed by atoms with E-state index in [1.807, 2.05) is 42.5 Å². The van der Waals surface area contributed by atoms with Gasteiger partial charge in [0, 0.05) is 0 Å². The molecule has 0 unspecified atom stereocenters. The molecular weight excluding hydrogens is 475 g/mol. The summed E-state index contributed by atoms with van der Waals surface area (Å²) >= 11 is 0. The number of benzene rings is 4. The van der Waals surface area contributed by atoms with Crippen LogP contribution in [0.4, 0.5) is 14.9 Å². The van der Waals surface area contributed by atoms with Gasteiger partial charge in [-0.15, -0.1) is 0 Å². The van der Waals surface area contributed by atoms with E-state index in [0.717, 1.165) is 33.4 Å². The zero-order chi connectivity index (χ0) is 25.9. The van der Waals surface area contributed by atoms with Crippen LogP contribution in [0, 0.1) is 5.82 Å². The van der Waals surface area contributed by atoms with Crippen LogP contribution in [0.1, 0.15) is 11.1 Å². The van der Waals surface area contributed by atoms with Gasteiger partial charge in [-0.05, 0) is 64.4 Å². The third-order valence-electron chi connectivity index (χ3n) is 5.95. The Morgan fingerprint density at radius 1 is 0.892 bits per heavy atom. The van der Waals surface area contributed by atoms with Gasteiger partial charge in [0.1, 0.15) is 18.0 Å². The molecule has 0 saturated carbocycles. The van der Waals surface area contributed by atoms with Crippen LogP contribution < -0.4 is 19.7 Å². The second-order valence-electron chi connectivity index (χ2n) is 8.27. The highest BCUT2D eigenvalue weighted by molar-refractivity contribution is 6.39. The van der Waals surface area contributed by atoms with E-state index in [2.05, 4.69) is 5.32 Å². The molecule has 4 amide bonds. The standard InChI is InChI=1S/C29H21FN2O5/c1-36-26-16-18(9-14-25(26)37-17-20-7-4-6-19-5-2-3-8-23(19)20)15-24-27(33)31-29(35)32(28(24)34)22-12-10-21(30)11-13-22/h2-16H,17H2,1H3,(H,31,33,35)/b24-15+. The second kappa shape index (κ2) is 9.94. The lowest BCUT2D eigenvalue weighted by molar-refractivity contribution is -0.122. The minimum absolute atomic E-state index is 0.136. The molecule has 5 rings (SSSR count). The molecule has 1 N–H and O–H groups in total. The SMILES string of the molecule is COc1cc(/C=C2\C(=O)NC(=O)N(c3ccc(F)cc3)C2=O)ccc1OCc1cccc2ccccc12. The number of anilines is 1. The van der Waals surface area contributed by atoms with Crippen molar-refractivity contribution >= 4 is 40.4 Å². The maximum Gasteiger partial charge on any atom is 0.335 e. The Balaban J connectivity index is 1.40. The lowest BCUT2D eigenvalue weighted by atomic mass is 10.1. The molecule has 1 fully saturated rings. The Kier molecular flexibility index (Phi) is 6.38. The number of urea groups is 1. The molecule has 0 spiro atoms. The van der Waals surface area contributed by atoms with E-state index in [0.29, 0.717) is 23.7 Å². The van der Waals surface area contributed by atoms with Gasteiger partial charge in [0.05, 0.1) is 12.8 Å². The number of barbiturate groups is 1. The number of methoxy groups -OCH3 is 1. The number of nitrogens with one attached hydrogen (secondary N) is 1. The quantitative estimate of drug-likeness (QED) is 0.292. The number of nitrogens with zero attached hydrogens (tertiary/aromatic N) is 1. The smallest absolute Gasteiger partial charge is 0.335 e. The molecule has 1 aliphatic rings. The molecule has 0 atom stereocenters. The number of fused-ring (bicyclic) bond motifs is 1. The molecule has 0 aromatic heterocycles. The predicted molar refractivity (Wildman–Crippen MR) is 137 cm³/mol. The molecule has 0 radical (unpaired) electrons. The Bertz CT molecular complexity index is 1560. The van der Waals surface area contributed by atoms with E-state index in [1.54, 1.807) is 18.2 Å². The molecule has 0 aliphatic carbocycles. The number of imide groups is 2. The summed E-state index contributed by atoms with van der Waals surface area (Å²) in [6.45, 7) is 0.313. The van der Waals surface area contributed by atoms with E-state index in [-0.39, 0.29) is 11.3 Å².